The third-order valence-corrected chi connectivity index (χ3v) is 2.93. The highest BCUT2D eigenvalue weighted by atomic mass is 79.9. The van der Waals surface area contributed by atoms with Crippen LogP contribution in [0.4, 0.5) is 8.78 Å². The lowest BCUT2D eigenvalue weighted by Crippen LogP contribution is -2.14. The van der Waals surface area contributed by atoms with Gasteiger partial charge in [0.05, 0.1) is 10.5 Å². The average Bonchev–Trinajstić information content (AvgIpc) is 2.37. The van der Waals surface area contributed by atoms with E-state index in [2.05, 4.69) is 20.7 Å². The van der Waals surface area contributed by atoms with Crippen molar-refractivity contribution in [1.29, 1.82) is 0 Å². The molecule has 0 bridgehead atoms. The molecular formula is C8H3BrF2O2S. The van der Waals surface area contributed by atoms with E-state index in [1.807, 2.05) is 0 Å². The normalized spacial score (nSPS) is 17.4. The number of rotatable bonds is 1. The number of halogens is 3. The van der Waals surface area contributed by atoms with Gasteiger partial charge in [-0.05, 0) is 23.9 Å². The first-order valence-electron chi connectivity index (χ1n) is 3.56. The van der Waals surface area contributed by atoms with Crippen LogP contribution in [-0.2, 0) is 0 Å². The summed E-state index contributed by atoms with van der Waals surface area (Å²) >= 11 is 3.41. The zero-order chi connectivity index (χ0) is 10.3. The standard InChI is InChI=1S/C8H3BrF2O2S/c9-5-1-4(3-12)7-6(2-5)14-8(10,11)13-7/h1-3H. The third kappa shape index (κ3) is 1.64. The fourth-order valence-corrected chi connectivity index (χ4v) is 2.58. The molecule has 0 N–H and O–H groups in total. The average molecular weight is 281 g/mol. The molecule has 14 heavy (non-hydrogen) atoms. The fraction of sp³-hybridized carbons (Fsp3) is 0.125. The minimum atomic E-state index is -3.28. The predicted molar refractivity (Wildman–Crippen MR) is 51.0 cm³/mol. The summed E-state index contributed by atoms with van der Waals surface area (Å²) in [5.74, 6) is -0.0433. The van der Waals surface area contributed by atoms with Crippen LogP contribution in [0.1, 0.15) is 10.4 Å². The summed E-state index contributed by atoms with van der Waals surface area (Å²) in [6.45, 7) is 0. The number of fused-ring (bicyclic) bond motifs is 1. The third-order valence-electron chi connectivity index (χ3n) is 1.62. The Labute approximate surface area is 90.8 Å². The second kappa shape index (κ2) is 3.20. The summed E-state index contributed by atoms with van der Waals surface area (Å²) in [7, 11) is 0. The molecule has 0 saturated heterocycles. The Kier molecular flexibility index (Phi) is 2.27. The Morgan fingerprint density at radius 2 is 2.21 bits per heavy atom. The Bertz CT molecular complexity index is 409. The number of carbonyl (C=O) groups excluding carboxylic acids is 1. The van der Waals surface area contributed by atoms with Gasteiger partial charge in [0.1, 0.15) is 0 Å². The molecule has 1 aromatic carbocycles. The maximum absolute atomic E-state index is 12.8. The van der Waals surface area contributed by atoms with Crippen LogP contribution in [0.2, 0.25) is 0 Å². The van der Waals surface area contributed by atoms with E-state index in [0.29, 0.717) is 22.5 Å². The van der Waals surface area contributed by atoms with Crippen molar-refractivity contribution in [2.75, 3.05) is 0 Å². The highest BCUT2D eigenvalue weighted by Gasteiger charge is 2.42. The lowest BCUT2D eigenvalue weighted by atomic mass is 10.2. The minimum absolute atomic E-state index is 0.0433. The van der Waals surface area contributed by atoms with Gasteiger partial charge in [0.25, 0.3) is 0 Å². The first kappa shape index (κ1) is 9.92. The summed E-state index contributed by atoms with van der Waals surface area (Å²) < 4.78 is 30.5. The molecule has 0 spiro atoms. The molecule has 0 fully saturated rings. The lowest BCUT2D eigenvalue weighted by Gasteiger charge is -2.06. The number of aldehydes is 1. The van der Waals surface area contributed by atoms with Gasteiger partial charge < -0.3 is 4.74 Å². The van der Waals surface area contributed by atoms with E-state index in [9.17, 15) is 13.6 Å². The molecule has 2 rings (SSSR count). The summed E-state index contributed by atoms with van der Waals surface area (Å²) in [6, 6.07) is 2.93. The van der Waals surface area contributed by atoms with Crippen molar-refractivity contribution in [3.05, 3.63) is 22.2 Å². The SMILES string of the molecule is O=Cc1cc(Br)cc2c1OC(F)(F)S2. The van der Waals surface area contributed by atoms with Gasteiger partial charge in [0, 0.05) is 4.47 Å². The number of thioether (sulfide) groups is 1. The van der Waals surface area contributed by atoms with E-state index < -0.39 is 5.44 Å². The largest absolute Gasteiger partial charge is 0.457 e. The number of ether oxygens (including phenoxy) is 1. The highest BCUT2D eigenvalue weighted by molar-refractivity contribution is 9.10. The minimum Gasteiger partial charge on any atom is -0.422 e. The van der Waals surface area contributed by atoms with Crippen molar-refractivity contribution >= 4 is 34.0 Å². The molecule has 1 aromatic rings. The summed E-state index contributed by atoms with van der Waals surface area (Å²) in [4.78, 5) is 10.8. The molecule has 0 unspecified atom stereocenters. The van der Waals surface area contributed by atoms with Gasteiger partial charge in [-0.3, -0.25) is 4.79 Å². The Morgan fingerprint density at radius 3 is 2.86 bits per heavy atom. The molecule has 0 atom stereocenters. The van der Waals surface area contributed by atoms with Gasteiger partial charge in [-0.2, -0.15) is 8.78 Å². The van der Waals surface area contributed by atoms with Gasteiger partial charge >= 0.3 is 5.44 Å². The van der Waals surface area contributed by atoms with Crippen LogP contribution in [0.5, 0.6) is 5.75 Å². The molecule has 1 aliphatic heterocycles. The highest BCUT2D eigenvalue weighted by Crippen LogP contribution is 2.51. The number of carbonyl (C=O) groups is 1. The molecule has 6 heteroatoms. The fourth-order valence-electron chi connectivity index (χ4n) is 1.13. The van der Waals surface area contributed by atoms with Crippen LogP contribution in [0, 0.1) is 0 Å². The molecule has 0 aliphatic carbocycles. The molecule has 0 aromatic heterocycles. The van der Waals surface area contributed by atoms with Crippen molar-refractivity contribution in [1.82, 2.24) is 0 Å². The maximum atomic E-state index is 12.8. The zero-order valence-corrected chi connectivity index (χ0v) is 8.99. The quantitative estimate of drug-likeness (QED) is 0.739. The Morgan fingerprint density at radius 1 is 1.50 bits per heavy atom. The molecule has 74 valence electrons. The molecule has 0 saturated carbocycles. The smallest absolute Gasteiger partial charge is 0.422 e. The predicted octanol–water partition coefficient (Wildman–Crippen LogP) is 3.30. The van der Waals surface area contributed by atoms with E-state index in [1.165, 1.54) is 12.1 Å². The monoisotopic (exact) mass is 280 g/mol. The van der Waals surface area contributed by atoms with Crippen LogP contribution in [0.25, 0.3) is 0 Å². The molecule has 1 aliphatic rings. The van der Waals surface area contributed by atoms with Gasteiger partial charge in [-0.25, -0.2) is 0 Å². The van der Waals surface area contributed by atoms with Gasteiger partial charge in [-0.1, -0.05) is 15.9 Å². The van der Waals surface area contributed by atoms with Gasteiger partial charge in [-0.15, -0.1) is 0 Å². The molecule has 1 heterocycles. The van der Waals surface area contributed by atoms with Gasteiger partial charge in [0.2, 0.25) is 0 Å². The topological polar surface area (TPSA) is 26.3 Å². The number of alkyl halides is 2. The molecule has 0 radical (unpaired) electrons. The van der Waals surface area contributed by atoms with Crippen molar-refractivity contribution in [2.45, 2.75) is 10.3 Å². The van der Waals surface area contributed by atoms with Crippen molar-refractivity contribution in [3.63, 3.8) is 0 Å². The van der Waals surface area contributed by atoms with Crippen LogP contribution in [0.15, 0.2) is 21.5 Å². The summed E-state index contributed by atoms with van der Waals surface area (Å²) in [5.41, 5.74) is -3.15. The van der Waals surface area contributed by atoms with Crippen molar-refractivity contribution in [2.24, 2.45) is 0 Å². The molecule has 0 amide bonds. The summed E-state index contributed by atoms with van der Waals surface area (Å²) in [5, 5.41) is 0. The Hall–Kier alpha value is -0.620. The summed E-state index contributed by atoms with van der Waals surface area (Å²) in [6.07, 6.45) is 0.492. The van der Waals surface area contributed by atoms with Gasteiger partial charge in [0.15, 0.2) is 12.0 Å². The number of benzene rings is 1. The molecule has 2 nitrogen and oxygen atoms in total. The van der Waals surface area contributed by atoms with E-state index in [-0.39, 0.29) is 16.2 Å². The van der Waals surface area contributed by atoms with Crippen molar-refractivity contribution < 1.29 is 18.3 Å². The second-order valence-electron chi connectivity index (χ2n) is 2.61. The first-order valence-corrected chi connectivity index (χ1v) is 5.17. The number of hydrogen-bond acceptors (Lipinski definition) is 3. The van der Waals surface area contributed by atoms with Crippen LogP contribution < -0.4 is 4.74 Å². The van der Waals surface area contributed by atoms with Crippen LogP contribution in [0.3, 0.4) is 0 Å². The van der Waals surface area contributed by atoms with E-state index in [1.54, 1.807) is 0 Å². The zero-order valence-electron chi connectivity index (χ0n) is 6.59. The van der Waals surface area contributed by atoms with E-state index >= 15 is 0 Å². The lowest BCUT2D eigenvalue weighted by molar-refractivity contribution is -0.0823. The second-order valence-corrected chi connectivity index (χ2v) is 4.64. The van der Waals surface area contributed by atoms with E-state index in [0.717, 1.165) is 0 Å². The van der Waals surface area contributed by atoms with Crippen LogP contribution in [-0.4, -0.2) is 11.7 Å². The number of hydrogen-bond donors (Lipinski definition) is 0. The first-order chi connectivity index (χ1) is 6.52. The molecular weight excluding hydrogens is 278 g/mol. The van der Waals surface area contributed by atoms with Crippen molar-refractivity contribution in [3.8, 4) is 5.75 Å². The van der Waals surface area contributed by atoms with Crippen LogP contribution >= 0.6 is 27.7 Å². The van der Waals surface area contributed by atoms with E-state index in [4.69, 9.17) is 0 Å². The maximum Gasteiger partial charge on any atom is 0.457 e. The Balaban J connectivity index is 2.56.